The van der Waals surface area contributed by atoms with E-state index in [0.717, 1.165) is 16.7 Å². The van der Waals surface area contributed by atoms with Crippen LogP contribution in [0.15, 0.2) is 84.9 Å². The number of nitrogens with two attached hydrogens (primary N) is 1. The summed E-state index contributed by atoms with van der Waals surface area (Å²) >= 11 is 6.00. The summed E-state index contributed by atoms with van der Waals surface area (Å²) in [5, 5.41) is 2.59. The maximum absolute atomic E-state index is 13.3. The van der Waals surface area contributed by atoms with Crippen LogP contribution in [0.5, 0.6) is 0 Å². The van der Waals surface area contributed by atoms with E-state index >= 15 is 0 Å². The van der Waals surface area contributed by atoms with Gasteiger partial charge in [-0.05, 0) is 24.1 Å². The normalized spacial score (nSPS) is 14.4. The molecule has 3 nitrogen and oxygen atoms in total. The van der Waals surface area contributed by atoms with Crippen molar-refractivity contribution in [3.05, 3.63) is 107 Å². The molecular weight excluding hydrogens is 377 g/mol. The summed E-state index contributed by atoms with van der Waals surface area (Å²) in [6.45, 7) is 0.643. The van der Waals surface area contributed by atoms with Crippen LogP contribution in [-0.2, 0) is 17.5 Å². The first-order chi connectivity index (χ1) is 13.0. The average Bonchev–Trinajstić information content (AvgIpc) is 2.69. The van der Waals surface area contributed by atoms with Gasteiger partial charge in [0.2, 0.25) is 0 Å². The second kappa shape index (κ2) is 9.34. The van der Waals surface area contributed by atoms with Gasteiger partial charge in [-0.25, -0.2) is 0 Å². The zero-order valence-corrected chi connectivity index (χ0v) is 16.7. The largest absolute Gasteiger partial charge is 0.340 e. The molecule has 5 heteroatoms. The van der Waals surface area contributed by atoms with E-state index in [-0.39, 0.29) is 6.16 Å². The Morgan fingerprint density at radius 3 is 2.00 bits per heavy atom. The molecule has 0 heterocycles. The van der Waals surface area contributed by atoms with E-state index in [1.165, 1.54) is 0 Å². The van der Waals surface area contributed by atoms with Crippen LogP contribution in [-0.4, -0.2) is 11.1 Å². The van der Waals surface area contributed by atoms with Crippen LogP contribution in [0, 0.1) is 0 Å². The van der Waals surface area contributed by atoms with Gasteiger partial charge in [0.25, 0.3) is 7.37 Å². The summed E-state index contributed by atoms with van der Waals surface area (Å²) in [5.74, 6) is -0.515. The van der Waals surface area contributed by atoms with Crippen molar-refractivity contribution >= 4 is 19.0 Å². The Morgan fingerprint density at radius 2 is 1.41 bits per heavy atom. The Balaban J connectivity index is 1.78. The van der Waals surface area contributed by atoms with E-state index in [9.17, 15) is 9.46 Å². The number of halogens is 1. The molecule has 1 unspecified atom stereocenters. The molecule has 0 radical (unpaired) electrons. The minimum absolute atomic E-state index is 0.246. The summed E-state index contributed by atoms with van der Waals surface area (Å²) < 4.78 is 13.3. The van der Waals surface area contributed by atoms with Crippen LogP contribution in [0.2, 0.25) is 5.02 Å². The summed E-state index contributed by atoms with van der Waals surface area (Å²) in [7, 11) is -3.44. The molecule has 0 saturated heterocycles. The van der Waals surface area contributed by atoms with Crippen LogP contribution in [0.4, 0.5) is 0 Å². The van der Waals surface area contributed by atoms with Gasteiger partial charge in [0.05, 0.1) is 0 Å². The number of hydrogen-bond donors (Lipinski definition) is 2. The van der Waals surface area contributed by atoms with Crippen molar-refractivity contribution in [2.24, 2.45) is 0 Å². The number of aryl methyl sites for hydroxylation is 1. The summed E-state index contributed by atoms with van der Waals surface area (Å²) in [4.78, 5) is 10.9. The average molecular weight is 401 g/mol. The molecule has 140 valence electrons. The van der Waals surface area contributed by atoms with E-state index in [1.54, 1.807) is 12.1 Å². The van der Waals surface area contributed by atoms with Crippen molar-refractivity contribution in [1.82, 2.24) is 0 Å². The molecule has 0 aliphatic rings. The molecular formula is C22H24ClNO2P+. The number of benzene rings is 3. The molecule has 0 fully saturated rings. The Kier molecular flexibility index (Phi) is 6.87. The standard InChI is InChI=1S/C22H23ClNO2P/c23-21-13-11-20(12-14-21)22(24-17-19-9-5-2-6-10-19)27(25,26)16-15-18-7-3-1-4-8-18/h1-14,22,24H,15-17H2,(H,25,26)/p+1/t22-/m0/s1. The third-order valence-corrected chi connectivity index (χ3v) is 7.12. The topological polar surface area (TPSA) is 53.9 Å². The Morgan fingerprint density at radius 1 is 0.852 bits per heavy atom. The fourth-order valence-electron chi connectivity index (χ4n) is 3.13. The van der Waals surface area contributed by atoms with Gasteiger partial charge in [-0.15, -0.1) is 0 Å². The Bertz CT molecular complexity index is 885. The van der Waals surface area contributed by atoms with Crippen molar-refractivity contribution in [2.45, 2.75) is 18.7 Å². The molecule has 3 N–H and O–H groups in total. The fourth-order valence-corrected chi connectivity index (χ4v) is 5.18. The minimum atomic E-state index is -3.44. The van der Waals surface area contributed by atoms with Gasteiger partial charge < -0.3 is 10.2 Å². The van der Waals surface area contributed by atoms with Crippen molar-refractivity contribution < 1.29 is 14.8 Å². The second-order valence-electron chi connectivity index (χ2n) is 6.64. The Hall–Kier alpha value is -1.90. The van der Waals surface area contributed by atoms with E-state index < -0.39 is 13.2 Å². The predicted molar refractivity (Wildman–Crippen MR) is 111 cm³/mol. The zero-order chi connectivity index (χ0) is 19.1. The highest BCUT2D eigenvalue weighted by atomic mass is 35.5. The smallest absolute Gasteiger partial charge is 0.261 e. The third-order valence-electron chi connectivity index (χ3n) is 4.63. The van der Waals surface area contributed by atoms with Crippen LogP contribution in [0.1, 0.15) is 22.5 Å². The molecule has 0 aliphatic carbocycles. The van der Waals surface area contributed by atoms with Crippen molar-refractivity contribution in [1.29, 1.82) is 0 Å². The minimum Gasteiger partial charge on any atom is -0.340 e. The lowest BCUT2D eigenvalue weighted by Gasteiger charge is -2.22. The first-order valence-electron chi connectivity index (χ1n) is 9.03. The SMILES string of the molecule is O=P(O)(CCc1ccccc1)[C@H]([NH2+]Cc1ccccc1)c1ccc(Cl)cc1. The molecule has 27 heavy (non-hydrogen) atoms. The maximum atomic E-state index is 13.3. The van der Waals surface area contributed by atoms with Crippen LogP contribution in [0.3, 0.4) is 0 Å². The lowest BCUT2D eigenvalue weighted by atomic mass is 10.2. The lowest BCUT2D eigenvalue weighted by Crippen LogP contribution is -2.83. The quantitative estimate of drug-likeness (QED) is 0.542. The second-order valence-corrected chi connectivity index (χ2v) is 9.59. The first-order valence-corrected chi connectivity index (χ1v) is 11.3. The van der Waals surface area contributed by atoms with Crippen LogP contribution >= 0.6 is 19.0 Å². The molecule has 3 rings (SSSR count). The van der Waals surface area contributed by atoms with Gasteiger partial charge in [0.15, 0.2) is 5.78 Å². The first kappa shape index (κ1) is 19.9. The van der Waals surface area contributed by atoms with Gasteiger partial charge in [-0.3, -0.25) is 4.57 Å². The highest BCUT2D eigenvalue weighted by Gasteiger charge is 2.35. The molecule has 2 atom stereocenters. The van der Waals surface area contributed by atoms with Crippen molar-refractivity contribution in [3.8, 4) is 0 Å². The van der Waals surface area contributed by atoms with E-state index in [4.69, 9.17) is 11.6 Å². The highest BCUT2D eigenvalue weighted by molar-refractivity contribution is 7.58. The van der Waals surface area contributed by atoms with Gasteiger partial charge in [-0.2, -0.15) is 0 Å². The number of rotatable bonds is 8. The predicted octanol–water partition coefficient (Wildman–Crippen LogP) is 4.62. The van der Waals surface area contributed by atoms with Gasteiger partial charge in [-0.1, -0.05) is 84.4 Å². The van der Waals surface area contributed by atoms with Crippen LogP contribution < -0.4 is 5.32 Å². The van der Waals surface area contributed by atoms with Crippen molar-refractivity contribution in [3.63, 3.8) is 0 Å². The molecule has 3 aromatic carbocycles. The summed E-state index contributed by atoms with van der Waals surface area (Å²) in [6, 6.07) is 27.1. The fraction of sp³-hybridized carbons (Fsp3) is 0.182. The molecule has 0 aromatic heterocycles. The van der Waals surface area contributed by atoms with Crippen LogP contribution in [0.25, 0.3) is 0 Å². The highest BCUT2D eigenvalue weighted by Crippen LogP contribution is 2.52. The number of quaternary nitrogens is 1. The molecule has 0 aliphatic heterocycles. The van der Waals surface area contributed by atoms with Gasteiger partial charge in [0, 0.05) is 22.3 Å². The van der Waals surface area contributed by atoms with Gasteiger partial charge >= 0.3 is 0 Å². The molecule has 0 saturated carbocycles. The molecule has 0 bridgehead atoms. The summed E-state index contributed by atoms with van der Waals surface area (Å²) in [5.41, 5.74) is 3.03. The zero-order valence-electron chi connectivity index (χ0n) is 15.0. The van der Waals surface area contributed by atoms with Gasteiger partial charge in [0.1, 0.15) is 6.54 Å². The summed E-state index contributed by atoms with van der Waals surface area (Å²) in [6.07, 6.45) is 0.827. The van der Waals surface area contributed by atoms with E-state index in [2.05, 4.69) is 0 Å². The third kappa shape index (κ3) is 5.79. The van der Waals surface area contributed by atoms with Crippen molar-refractivity contribution in [2.75, 3.05) is 6.16 Å². The Labute approximate surface area is 165 Å². The monoisotopic (exact) mass is 400 g/mol. The molecule has 0 spiro atoms. The van der Waals surface area contributed by atoms with E-state index in [1.807, 2.05) is 78.1 Å². The lowest BCUT2D eigenvalue weighted by molar-refractivity contribution is -0.692. The maximum Gasteiger partial charge on any atom is 0.261 e. The molecule has 3 aromatic rings. The molecule has 0 amide bonds. The number of hydrogen-bond acceptors (Lipinski definition) is 1. The van der Waals surface area contributed by atoms with E-state index in [0.29, 0.717) is 18.0 Å².